The normalized spacial score (nSPS) is 13.0. The van der Waals surface area contributed by atoms with Gasteiger partial charge in [0.15, 0.2) is 0 Å². The summed E-state index contributed by atoms with van der Waals surface area (Å²) in [5.74, 6) is -0.237. The summed E-state index contributed by atoms with van der Waals surface area (Å²) >= 11 is 0. The van der Waals surface area contributed by atoms with Crippen molar-refractivity contribution < 1.29 is 13.2 Å². The summed E-state index contributed by atoms with van der Waals surface area (Å²) in [5.41, 5.74) is 0. The average Bonchev–Trinajstić information content (AvgIpc) is 2.46. The van der Waals surface area contributed by atoms with Crippen molar-refractivity contribution in [2.75, 3.05) is 0 Å². The molecule has 21 heavy (non-hydrogen) atoms. The molecular weight excluding hydrogens is 286 g/mol. The molecule has 0 aromatic heterocycles. The Bertz CT molecular complexity index is 781. The lowest BCUT2D eigenvalue weighted by Gasteiger charge is -2.14. The van der Waals surface area contributed by atoms with Gasteiger partial charge in [0.2, 0.25) is 10.0 Å². The lowest BCUT2D eigenvalue weighted by molar-refractivity contribution is -0.118. The van der Waals surface area contributed by atoms with E-state index in [1.807, 2.05) is 24.3 Å². The number of carbonyl (C=O) groups excluding carboxylic acids is 1. The van der Waals surface area contributed by atoms with E-state index in [-0.39, 0.29) is 17.1 Å². The maximum atomic E-state index is 12.4. The number of rotatable bonds is 6. The standard InChI is InChI=1S/C16H17NO3S/c1-3-6-16(12(2)18)17-21(19,20)15-10-9-13-7-4-5-8-14(13)11-15/h3-5,7-11,16-17H,1,6H2,2H3/t16-/m1/s1. The number of hydrogen-bond acceptors (Lipinski definition) is 3. The Balaban J connectivity index is 2.36. The van der Waals surface area contributed by atoms with Crippen LogP contribution in [0, 0.1) is 0 Å². The summed E-state index contributed by atoms with van der Waals surface area (Å²) in [4.78, 5) is 11.6. The Hall–Kier alpha value is -1.98. The molecule has 0 amide bonds. The maximum absolute atomic E-state index is 12.4. The summed E-state index contributed by atoms with van der Waals surface area (Å²) in [5, 5.41) is 1.80. The first kappa shape index (κ1) is 15.4. The number of ketones is 1. The van der Waals surface area contributed by atoms with Gasteiger partial charge in [-0.15, -0.1) is 6.58 Å². The molecule has 0 aliphatic carbocycles. The third-order valence-electron chi connectivity index (χ3n) is 3.22. The van der Waals surface area contributed by atoms with Crippen LogP contribution < -0.4 is 4.72 Å². The number of Topliss-reactive ketones (excluding diaryl/α,β-unsaturated/α-hetero) is 1. The third kappa shape index (κ3) is 3.56. The Morgan fingerprint density at radius 3 is 2.52 bits per heavy atom. The van der Waals surface area contributed by atoms with Gasteiger partial charge in [0.05, 0.1) is 10.9 Å². The highest BCUT2D eigenvalue weighted by Gasteiger charge is 2.22. The van der Waals surface area contributed by atoms with Crippen molar-refractivity contribution in [2.45, 2.75) is 24.3 Å². The van der Waals surface area contributed by atoms with Crippen LogP contribution >= 0.6 is 0 Å². The van der Waals surface area contributed by atoms with Crippen LogP contribution in [0.5, 0.6) is 0 Å². The van der Waals surface area contributed by atoms with Gasteiger partial charge in [-0.1, -0.05) is 36.4 Å². The van der Waals surface area contributed by atoms with Gasteiger partial charge in [0.25, 0.3) is 0 Å². The minimum absolute atomic E-state index is 0.150. The number of nitrogens with one attached hydrogen (secondary N) is 1. The number of hydrogen-bond donors (Lipinski definition) is 1. The summed E-state index contributed by atoms with van der Waals surface area (Å²) in [6, 6.07) is 11.6. The molecule has 0 spiro atoms. The van der Waals surface area contributed by atoms with E-state index in [1.54, 1.807) is 12.1 Å². The smallest absolute Gasteiger partial charge is 0.241 e. The fourth-order valence-corrected chi connectivity index (χ4v) is 3.36. The van der Waals surface area contributed by atoms with Crippen LogP contribution in [-0.4, -0.2) is 20.2 Å². The van der Waals surface area contributed by atoms with Gasteiger partial charge in [-0.05, 0) is 36.2 Å². The predicted octanol–water partition coefficient (Wildman–Crippen LogP) is 2.65. The van der Waals surface area contributed by atoms with Gasteiger partial charge in [-0.2, -0.15) is 0 Å². The molecule has 2 rings (SSSR count). The summed E-state index contributed by atoms with van der Waals surface area (Å²) < 4.78 is 27.2. The topological polar surface area (TPSA) is 63.2 Å². The first-order chi connectivity index (χ1) is 9.94. The van der Waals surface area contributed by atoms with Crippen molar-refractivity contribution in [3.05, 3.63) is 55.1 Å². The lowest BCUT2D eigenvalue weighted by Crippen LogP contribution is -2.39. The number of benzene rings is 2. The number of fused-ring (bicyclic) bond motifs is 1. The van der Waals surface area contributed by atoms with E-state index in [0.717, 1.165) is 10.8 Å². The first-order valence-electron chi connectivity index (χ1n) is 6.56. The molecule has 0 unspecified atom stereocenters. The maximum Gasteiger partial charge on any atom is 0.241 e. The summed E-state index contributed by atoms with van der Waals surface area (Å²) in [7, 11) is -3.74. The highest BCUT2D eigenvalue weighted by molar-refractivity contribution is 7.89. The molecule has 0 aliphatic rings. The van der Waals surface area contributed by atoms with E-state index in [1.165, 1.54) is 19.1 Å². The van der Waals surface area contributed by atoms with Crippen LogP contribution in [0.4, 0.5) is 0 Å². The summed E-state index contributed by atoms with van der Waals surface area (Å²) in [6.45, 7) is 4.90. The minimum atomic E-state index is -3.74. The molecule has 1 N–H and O–H groups in total. The summed E-state index contributed by atoms with van der Waals surface area (Å²) in [6.07, 6.45) is 1.79. The second kappa shape index (κ2) is 6.20. The van der Waals surface area contributed by atoms with E-state index >= 15 is 0 Å². The van der Waals surface area contributed by atoms with Crippen LogP contribution in [0.3, 0.4) is 0 Å². The van der Waals surface area contributed by atoms with E-state index in [2.05, 4.69) is 11.3 Å². The fraction of sp³-hybridized carbons (Fsp3) is 0.188. The fourth-order valence-electron chi connectivity index (χ4n) is 2.05. The molecule has 2 aromatic carbocycles. The molecule has 2 aromatic rings. The Morgan fingerprint density at radius 2 is 1.90 bits per heavy atom. The van der Waals surface area contributed by atoms with Gasteiger partial charge in [0, 0.05) is 0 Å². The molecule has 0 heterocycles. The zero-order chi connectivity index (χ0) is 15.5. The Kier molecular flexibility index (Phi) is 4.55. The largest absolute Gasteiger partial charge is 0.298 e. The average molecular weight is 303 g/mol. The van der Waals surface area contributed by atoms with Gasteiger partial charge in [-0.25, -0.2) is 13.1 Å². The second-order valence-electron chi connectivity index (χ2n) is 4.82. The van der Waals surface area contributed by atoms with E-state index in [9.17, 15) is 13.2 Å². The highest BCUT2D eigenvalue weighted by Crippen LogP contribution is 2.19. The molecule has 0 saturated heterocycles. The molecule has 0 bridgehead atoms. The van der Waals surface area contributed by atoms with Gasteiger partial charge < -0.3 is 0 Å². The van der Waals surface area contributed by atoms with E-state index in [0.29, 0.717) is 0 Å². The van der Waals surface area contributed by atoms with Gasteiger partial charge in [-0.3, -0.25) is 4.79 Å². The number of sulfonamides is 1. The van der Waals surface area contributed by atoms with E-state index < -0.39 is 16.1 Å². The molecule has 110 valence electrons. The van der Waals surface area contributed by atoms with Crippen molar-refractivity contribution in [2.24, 2.45) is 0 Å². The Morgan fingerprint density at radius 1 is 1.24 bits per heavy atom. The molecule has 4 nitrogen and oxygen atoms in total. The first-order valence-corrected chi connectivity index (χ1v) is 8.05. The monoisotopic (exact) mass is 303 g/mol. The quantitative estimate of drug-likeness (QED) is 0.834. The van der Waals surface area contributed by atoms with Crippen LogP contribution in [0.2, 0.25) is 0 Å². The zero-order valence-electron chi connectivity index (χ0n) is 11.7. The van der Waals surface area contributed by atoms with Crippen LogP contribution in [0.15, 0.2) is 60.0 Å². The molecule has 0 radical (unpaired) electrons. The third-order valence-corrected chi connectivity index (χ3v) is 4.69. The molecular formula is C16H17NO3S. The lowest BCUT2D eigenvalue weighted by atomic mass is 10.1. The van der Waals surface area contributed by atoms with E-state index in [4.69, 9.17) is 0 Å². The minimum Gasteiger partial charge on any atom is -0.298 e. The van der Waals surface area contributed by atoms with Crippen molar-refractivity contribution in [3.8, 4) is 0 Å². The highest BCUT2D eigenvalue weighted by atomic mass is 32.2. The molecule has 1 atom stereocenters. The predicted molar refractivity (Wildman–Crippen MR) is 83.6 cm³/mol. The van der Waals surface area contributed by atoms with Crippen molar-refractivity contribution in [3.63, 3.8) is 0 Å². The van der Waals surface area contributed by atoms with Crippen LogP contribution in [0.25, 0.3) is 10.8 Å². The van der Waals surface area contributed by atoms with Crippen molar-refractivity contribution >= 4 is 26.6 Å². The molecule has 5 heteroatoms. The zero-order valence-corrected chi connectivity index (χ0v) is 12.6. The molecule has 0 saturated carbocycles. The van der Waals surface area contributed by atoms with Gasteiger partial charge in [0.1, 0.15) is 5.78 Å². The van der Waals surface area contributed by atoms with Crippen molar-refractivity contribution in [1.82, 2.24) is 4.72 Å². The van der Waals surface area contributed by atoms with Crippen LogP contribution in [-0.2, 0) is 14.8 Å². The molecule has 0 aliphatic heterocycles. The van der Waals surface area contributed by atoms with Crippen molar-refractivity contribution in [1.29, 1.82) is 0 Å². The SMILES string of the molecule is C=CC[C@@H](NS(=O)(=O)c1ccc2ccccc2c1)C(C)=O. The molecule has 0 fully saturated rings. The number of carbonyl (C=O) groups is 1. The Labute approximate surface area is 124 Å². The van der Waals surface area contributed by atoms with Crippen LogP contribution in [0.1, 0.15) is 13.3 Å². The van der Waals surface area contributed by atoms with Gasteiger partial charge >= 0.3 is 0 Å². The second-order valence-corrected chi connectivity index (χ2v) is 6.53.